The Hall–Kier alpha value is -2.16. The third-order valence-corrected chi connectivity index (χ3v) is 6.19. The van der Waals surface area contributed by atoms with Crippen molar-refractivity contribution < 1.29 is 9.47 Å². The van der Waals surface area contributed by atoms with Gasteiger partial charge in [0.1, 0.15) is 17.7 Å². The van der Waals surface area contributed by atoms with E-state index in [0.29, 0.717) is 0 Å². The van der Waals surface area contributed by atoms with Crippen LogP contribution in [0.25, 0.3) is 0 Å². The molecule has 2 aliphatic rings. The van der Waals surface area contributed by atoms with Gasteiger partial charge in [-0.3, -0.25) is 10.6 Å². The second kappa shape index (κ2) is 8.30. The number of nitrogens with two attached hydrogens (primary N) is 2. The average molecular weight is 398 g/mol. The lowest BCUT2D eigenvalue weighted by molar-refractivity contribution is 0.0367. The molecular weight excluding hydrogens is 366 g/mol. The van der Waals surface area contributed by atoms with Gasteiger partial charge in [-0.25, -0.2) is 4.90 Å². The minimum Gasteiger partial charge on any atom is -0.497 e. The number of benzene rings is 2. The van der Waals surface area contributed by atoms with Gasteiger partial charge in [0, 0.05) is 37.4 Å². The predicted molar refractivity (Wildman–Crippen MR) is 115 cm³/mol. The fraction of sp³-hybridized carbons (Fsp3) is 0.455. The average Bonchev–Trinajstić information content (AvgIpc) is 2.78. The largest absolute Gasteiger partial charge is 0.497 e. The molecule has 7 nitrogen and oxygen atoms in total. The molecule has 0 aromatic heterocycles. The smallest absolute Gasteiger partial charge is 0.136 e. The summed E-state index contributed by atoms with van der Waals surface area (Å²) in [5.41, 5.74) is 16.1. The summed E-state index contributed by atoms with van der Waals surface area (Å²) >= 11 is 0. The van der Waals surface area contributed by atoms with E-state index in [4.69, 9.17) is 20.9 Å². The first-order valence-corrected chi connectivity index (χ1v) is 10.1. The minimum atomic E-state index is -0.822. The highest BCUT2D eigenvalue weighted by Gasteiger charge is 2.45. The molecule has 2 heterocycles. The fourth-order valence-corrected chi connectivity index (χ4v) is 4.33. The number of rotatable bonds is 5. The van der Waals surface area contributed by atoms with Crippen LogP contribution in [0.15, 0.2) is 48.5 Å². The van der Waals surface area contributed by atoms with Gasteiger partial charge < -0.3 is 20.1 Å². The van der Waals surface area contributed by atoms with Crippen molar-refractivity contribution in [1.29, 1.82) is 0 Å². The lowest BCUT2D eigenvalue weighted by Gasteiger charge is -2.52. The van der Waals surface area contributed by atoms with Gasteiger partial charge in [-0.2, -0.15) is 0 Å². The number of nitrogens with zero attached hydrogens (tertiary/aromatic N) is 3. The Kier molecular flexibility index (Phi) is 5.76. The number of hydrogen-bond acceptors (Lipinski definition) is 7. The second-order valence-corrected chi connectivity index (χ2v) is 7.68. The van der Waals surface area contributed by atoms with Crippen molar-refractivity contribution >= 4 is 5.69 Å². The van der Waals surface area contributed by atoms with Gasteiger partial charge in [0.25, 0.3) is 0 Å². The van der Waals surface area contributed by atoms with E-state index < -0.39 is 5.66 Å². The van der Waals surface area contributed by atoms with E-state index in [1.807, 2.05) is 43.4 Å². The fourth-order valence-electron chi connectivity index (χ4n) is 4.33. The summed E-state index contributed by atoms with van der Waals surface area (Å²) in [6.45, 7) is 5.30. The van der Waals surface area contributed by atoms with Crippen LogP contribution in [0.3, 0.4) is 0 Å². The van der Waals surface area contributed by atoms with Crippen LogP contribution >= 0.6 is 0 Å². The molecule has 29 heavy (non-hydrogen) atoms. The first-order chi connectivity index (χ1) is 14.1. The van der Waals surface area contributed by atoms with Crippen LogP contribution in [0.5, 0.6) is 5.75 Å². The Labute approximate surface area is 172 Å². The van der Waals surface area contributed by atoms with Gasteiger partial charge in [-0.05, 0) is 30.8 Å². The quantitative estimate of drug-likeness (QED) is 0.784. The van der Waals surface area contributed by atoms with Crippen LogP contribution in [0, 0.1) is 0 Å². The van der Waals surface area contributed by atoms with Gasteiger partial charge in [0.2, 0.25) is 0 Å². The maximum Gasteiger partial charge on any atom is 0.136 e. The predicted octanol–water partition coefficient (Wildman–Crippen LogP) is 1.18. The van der Waals surface area contributed by atoms with Crippen LogP contribution in [0.1, 0.15) is 11.1 Å². The summed E-state index contributed by atoms with van der Waals surface area (Å²) in [5.74, 6) is 0.806. The molecule has 2 atom stereocenters. The van der Waals surface area contributed by atoms with Crippen LogP contribution in [-0.4, -0.2) is 69.6 Å². The van der Waals surface area contributed by atoms with E-state index in [-0.39, 0.29) is 6.29 Å². The van der Waals surface area contributed by atoms with Gasteiger partial charge in [-0.1, -0.05) is 30.3 Å². The minimum absolute atomic E-state index is 0.335. The van der Waals surface area contributed by atoms with Crippen molar-refractivity contribution in [2.24, 2.45) is 11.5 Å². The van der Waals surface area contributed by atoms with Crippen molar-refractivity contribution in [1.82, 2.24) is 9.80 Å². The molecule has 1 saturated heterocycles. The van der Waals surface area contributed by atoms with Crippen molar-refractivity contribution in [3.63, 3.8) is 0 Å². The molecular formula is C22H31N5O2. The Bertz CT molecular complexity index is 824. The third-order valence-electron chi connectivity index (χ3n) is 6.19. The molecule has 4 N–H and O–H groups in total. The molecule has 0 spiro atoms. The highest BCUT2D eigenvalue weighted by molar-refractivity contribution is 5.62. The van der Waals surface area contributed by atoms with Gasteiger partial charge in [0.15, 0.2) is 0 Å². The van der Waals surface area contributed by atoms with Gasteiger partial charge >= 0.3 is 0 Å². The zero-order valence-electron chi connectivity index (χ0n) is 17.3. The zero-order chi connectivity index (χ0) is 20.4. The topological polar surface area (TPSA) is 80.2 Å². The first-order valence-electron chi connectivity index (χ1n) is 10.1. The molecule has 2 aromatic rings. The van der Waals surface area contributed by atoms with Crippen molar-refractivity contribution in [2.45, 2.75) is 12.0 Å². The summed E-state index contributed by atoms with van der Waals surface area (Å²) < 4.78 is 10.8. The third kappa shape index (κ3) is 3.60. The van der Waals surface area contributed by atoms with Crippen molar-refractivity contribution in [2.75, 3.05) is 58.5 Å². The van der Waals surface area contributed by atoms with E-state index in [1.165, 1.54) is 0 Å². The summed E-state index contributed by atoms with van der Waals surface area (Å²) in [5, 5.41) is 0. The van der Waals surface area contributed by atoms with Crippen molar-refractivity contribution in [3.8, 4) is 5.75 Å². The molecule has 0 bridgehead atoms. The lowest BCUT2D eigenvalue weighted by Crippen LogP contribution is -2.68. The van der Waals surface area contributed by atoms with Crippen LogP contribution in [0.2, 0.25) is 0 Å². The van der Waals surface area contributed by atoms with Gasteiger partial charge in [-0.15, -0.1) is 0 Å². The highest BCUT2D eigenvalue weighted by Crippen LogP contribution is 2.42. The maximum atomic E-state index is 7.07. The molecule has 0 amide bonds. The molecule has 4 rings (SSSR count). The molecule has 0 aliphatic carbocycles. The molecule has 156 valence electrons. The number of morpholine rings is 1. The maximum absolute atomic E-state index is 7.07. The van der Waals surface area contributed by atoms with Crippen molar-refractivity contribution in [3.05, 3.63) is 59.7 Å². The number of para-hydroxylation sites is 1. The summed E-state index contributed by atoms with van der Waals surface area (Å²) in [4.78, 5) is 6.72. The molecule has 0 radical (unpaired) electrons. The van der Waals surface area contributed by atoms with E-state index in [1.54, 1.807) is 7.11 Å². The van der Waals surface area contributed by atoms with Crippen LogP contribution in [0.4, 0.5) is 5.69 Å². The standard InChI is InChI=1S/C22H31N5O2/c1-25-21(23)27(12-11-26-13-15-29-16-14-26)20-6-4-3-5-19(20)22(25,24)17-7-9-18(28-2)10-8-17/h3-10,21H,11-16,23-24H2,1-2H3. The lowest BCUT2D eigenvalue weighted by atomic mass is 9.87. The Morgan fingerprint density at radius 3 is 2.45 bits per heavy atom. The zero-order valence-corrected chi connectivity index (χ0v) is 17.3. The molecule has 2 aromatic carbocycles. The normalized spacial score (nSPS) is 25.7. The van der Waals surface area contributed by atoms with Crippen LogP contribution in [-0.2, 0) is 10.4 Å². The molecule has 1 fully saturated rings. The summed E-state index contributed by atoms with van der Waals surface area (Å²) in [6, 6.07) is 16.2. The second-order valence-electron chi connectivity index (χ2n) is 7.68. The number of fused-ring (bicyclic) bond motifs is 1. The highest BCUT2D eigenvalue weighted by atomic mass is 16.5. The van der Waals surface area contributed by atoms with E-state index in [2.05, 4.69) is 26.8 Å². The number of ether oxygens (including phenoxy) is 2. The summed E-state index contributed by atoms with van der Waals surface area (Å²) in [7, 11) is 3.66. The monoisotopic (exact) mass is 397 g/mol. The van der Waals surface area contributed by atoms with E-state index >= 15 is 0 Å². The molecule has 7 heteroatoms. The number of anilines is 1. The molecule has 0 saturated carbocycles. The Morgan fingerprint density at radius 2 is 1.76 bits per heavy atom. The Balaban J connectivity index is 1.67. The summed E-state index contributed by atoms with van der Waals surface area (Å²) in [6.07, 6.45) is -0.335. The number of hydrogen-bond donors (Lipinski definition) is 2. The SMILES string of the molecule is COc1ccc(C2(N)c3ccccc3N(CCN3CCOCC3)C(N)N2C)cc1. The van der Waals surface area contributed by atoms with Crippen LogP contribution < -0.4 is 21.1 Å². The first kappa shape index (κ1) is 20.1. The molecule has 2 aliphatic heterocycles. The Morgan fingerprint density at radius 1 is 1.07 bits per heavy atom. The number of methoxy groups -OCH3 is 1. The van der Waals surface area contributed by atoms with E-state index in [0.717, 1.165) is 62.0 Å². The molecule has 2 unspecified atom stereocenters. The van der Waals surface area contributed by atoms with Gasteiger partial charge in [0.05, 0.1) is 20.3 Å². The van der Waals surface area contributed by atoms with E-state index in [9.17, 15) is 0 Å².